The van der Waals surface area contributed by atoms with Crippen LogP contribution in [0.3, 0.4) is 0 Å². The Bertz CT molecular complexity index is 929. The summed E-state index contributed by atoms with van der Waals surface area (Å²) in [5.41, 5.74) is 2.38. The quantitative estimate of drug-likeness (QED) is 0.776. The molecule has 0 fully saturated rings. The molecule has 5 heteroatoms. The molecule has 0 amide bonds. The molecule has 130 valence electrons. The summed E-state index contributed by atoms with van der Waals surface area (Å²) in [5.74, 6) is 1.20. The normalized spacial score (nSPS) is 12.7. The van der Waals surface area contributed by atoms with E-state index in [-0.39, 0.29) is 11.6 Å². The molecule has 3 rings (SSSR count). The summed E-state index contributed by atoms with van der Waals surface area (Å²) in [7, 11) is 0. The Morgan fingerprint density at radius 2 is 1.84 bits per heavy atom. The summed E-state index contributed by atoms with van der Waals surface area (Å²) >= 11 is 0. The molecule has 0 aliphatic heterocycles. The molecule has 0 aliphatic carbocycles. The van der Waals surface area contributed by atoms with Crippen LogP contribution in [-0.2, 0) is 0 Å². The highest BCUT2D eigenvalue weighted by Gasteiger charge is 2.18. The van der Waals surface area contributed by atoms with Gasteiger partial charge in [0.2, 0.25) is 0 Å². The first-order chi connectivity index (χ1) is 12.0. The lowest BCUT2D eigenvalue weighted by Gasteiger charge is -2.20. The zero-order valence-electron chi connectivity index (χ0n) is 15.2. The first kappa shape index (κ1) is 17.3. The lowest BCUT2D eigenvalue weighted by Crippen LogP contribution is -2.31. The topological polar surface area (TPSA) is 59.8 Å². The van der Waals surface area contributed by atoms with Gasteiger partial charge in [-0.1, -0.05) is 31.5 Å². The summed E-state index contributed by atoms with van der Waals surface area (Å²) in [6, 6.07) is 11.4. The van der Waals surface area contributed by atoms with E-state index in [1.165, 1.54) is 0 Å². The number of hydrogen-bond donors (Lipinski definition) is 1. The molecule has 0 radical (unpaired) electrons. The van der Waals surface area contributed by atoms with Crippen molar-refractivity contribution < 1.29 is 0 Å². The maximum absolute atomic E-state index is 13.1. The van der Waals surface area contributed by atoms with Gasteiger partial charge in [-0.3, -0.25) is 9.36 Å². The first-order valence-electron chi connectivity index (χ1n) is 8.65. The number of rotatable bonds is 5. The Balaban J connectivity index is 2.20. The van der Waals surface area contributed by atoms with Crippen LogP contribution in [0, 0.1) is 12.8 Å². The third-order valence-electron chi connectivity index (χ3n) is 4.18. The summed E-state index contributed by atoms with van der Waals surface area (Å²) in [4.78, 5) is 22.1. The summed E-state index contributed by atoms with van der Waals surface area (Å²) in [5, 5.41) is 3.99. The van der Waals surface area contributed by atoms with Gasteiger partial charge in [-0.25, -0.2) is 9.97 Å². The van der Waals surface area contributed by atoms with Crippen molar-refractivity contribution in [2.45, 2.75) is 33.7 Å². The SMILES string of the molecule is Cc1ccc(-n2c([C@@H](C)NCC(C)C)nc3ncccc3c2=O)cc1. The molecule has 5 nitrogen and oxygen atoms in total. The van der Waals surface area contributed by atoms with E-state index in [0.717, 1.165) is 17.8 Å². The van der Waals surface area contributed by atoms with Crippen LogP contribution in [0.5, 0.6) is 0 Å². The van der Waals surface area contributed by atoms with Crippen molar-refractivity contribution in [2.24, 2.45) is 5.92 Å². The van der Waals surface area contributed by atoms with E-state index in [4.69, 9.17) is 4.98 Å². The average molecular weight is 336 g/mol. The molecule has 2 aromatic heterocycles. The van der Waals surface area contributed by atoms with Crippen LogP contribution in [0.15, 0.2) is 47.4 Å². The van der Waals surface area contributed by atoms with Crippen molar-refractivity contribution in [3.05, 3.63) is 64.3 Å². The van der Waals surface area contributed by atoms with Gasteiger partial charge in [0.25, 0.3) is 5.56 Å². The molecule has 1 N–H and O–H groups in total. The molecular weight excluding hydrogens is 312 g/mol. The minimum atomic E-state index is -0.0878. The minimum Gasteiger partial charge on any atom is -0.307 e. The van der Waals surface area contributed by atoms with Gasteiger partial charge in [0.05, 0.1) is 17.1 Å². The van der Waals surface area contributed by atoms with E-state index < -0.39 is 0 Å². The second kappa shape index (κ2) is 7.15. The van der Waals surface area contributed by atoms with Crippen molar-refractivity contribution in [2.75, 3.05) is 6.54 Å². The van der Waals surface area contributed by atoms with Crippen molar-refractivity contribution in [1.82, 2.24) is 19.9 Å². The van der Waals surface area contributed by atoms with Gasteiger partial charge in [0.15, 0.2) is 5.65 Å². The standard InChI is InChI=1S/C20H24N4O/c1-13(2)12-22-15(4)19-23-18-17(6-5-11-21-18)20(25)24(19)16-9-7-14(3)8-10-16/h5-11,13,15,22H,12H2,1-4H3/t15-/m1/s1. The molecule has 25 heavy (non-hydrogen) atoms. The maximum Gasteiger partial charge on any atom is 0.267 e. The Hall–Kier alpha value is -2.53. The third kappa shape index (κ3) is 3.61. The lowest BCUT2D eigenvalue weighted by molar-refractivity contribution is 0.475. The molecule has 1 atom stereocenters. The molecule has 0 unspecified atom stereocenters. The monoisotopic (exact) mass is 336 g/mol. The van der Waals surface area contributed by atoms with Crippen molar-refractivity contribution >= 4 is 11.0 Å². The molecular formula is C20H24N4O. The van der Waals surface area contributed by atoms with Gasteiger partial charge in [0, 0.05) is 6.20 Å². The molecule has 0 saturated heterocycles. The maximum atomic E-state index is 13.1. The van der Waals surface area contributed by atoms with Gasteiger partial charge in [-0.05, 0) is 50.6 Å². The van der Waals surface area contributed by atoms with Gasteiger partial charge in [-0.15, -0.1) is 0 Å². The zero-order valence-corrected chi connectivity index (χ0v) is 15.2. The van der Waals surface area contributed by atoms with Crippen LogP contribution in [0.4, 0.5) is 0 Å². The first-order valence-corrected chi connectivity index (χ1v) is 8.65. The number of aromatic nitrogens is 3. The number of hydrogen-bond acceptors (Lipinski definition) is 4. The highest BCUT2D eigenvalue weighted by molar-refractivity contribution is 5.73. The van der Waals surface area contributed by atoms with Crippen LogP contribution in [0.1, 0.15) is 38.2 Å². The van der Waals surface area contributed by atoms with Crippen LogP contribution in [-0.4, -0.2) is 21.1 Å². The predicted octanol–water partition coefficient (Wildman–Crippen LogP) is 3.40. The van der Waals surface area contributed by atoms with E-state index in [1.807, 2.05) is 38.1 Å². The second-order valence-corrected chi connectivity index (χ2v) is 6.84. The smallest absolute Gasteiger partial charge is 0.267 e. The fourth-order valence-corrected chi connectivity index (χ4v) is 2.77. The minimum absolute atomic E-state index is 0.0668. The summed E-state index contributed by atoms with van der Waals surface area (Å²) in [6.45, 7) is 9.22. The Morgan fingerprint density at radius 3 is 2.52 bits per heavy atom. The van der Waals surface area contributed by atoms with Gasteiger partial charge < -0.3 is 5.32 Å². The number of pyridine rings is 1. The predicted molar refractivity (Wildman–Crippen MR) is 101 cm³/mol. The van der Waals surface area contributed by atoms with E-state index in [9.17, 15) is 4.79 Å². The number of benzene rings is 1. The Labute approximate surface area is 147 Å². The number of nitrogens with zero attached hydrogens (tertiary/aromatic N) is 3. The molecule has 0 bridgehead atoms. The zero-order chi connectivity index (χ0) is 18.0. The molecule has 1 aromatic carbocycles. The van der Waals surface area contributed by atoms with Crippen LogP contribution < -0.4 is 10.9 Å². The van der Waals surface area contributed by atoms with Crippen LogP contribution in [0.25, 0.3) is 16.7 Å². The van der Waals surface area contributed by atoms with Crippen LogP contribution in [0.2, 0.25) is 0 Å². The van der Waals surface area contributed by atoms with E-state index >= 15 is 0 Å². The van der Waals surface area contributed by atoms with Gasteiger partial charge >= 0.3 is 0 Å². The molecule has 3 aromatic rings. The average Bonchev–Trinajstić information content (AvgIpc) is 2.60. The third-order valence-corrected chi connectivity index (χ3v) is 4.18. The van der Waals surface area contributed by atoms with Crippen molar-refractivity contribution in [1.29, 1.82) is 0 Å². The molecule has 2 heterocycles. The number of nitrogens with one attached hydrogen (secondary N) is 1. The lowest BCUT2D eigenvalue weighted by atomic mass is 10.2. The van der Waals surface area contributed by atoms with Gasteiger partial charge in [0.1, 0.15) is 5.82 Å². The second-order valence-electron chi connectivity index (χ2n) is 6.84. The highest BCUT2D eigenvalue weighted by Crippen LogP contribution is 2.17. The summed E-state index contributed by atoms with van der Waals surface area (Å²) in [6.07, 6.45) is 1.67. The van der Waals surface area contributed by atoms with Crippen LogP contribution >= 0.6 is 0 Å². The summed E-state index contributed by atoms with van der Waals surface area (Å²) < 4.78 is 1.70. The van der Waals surface area contributed by atoms with Crippen molar-refractivity contribution in [3.63, 3.8) is 0 Å². The number of aryl methyl sites for hydroxylation is 1. The Morgan fingerprint density at radius 1 is 1.12 bits per heavy atom. The van der Waals surface area contributed by atoms with E-state index in [2.05, 4.69) is 24.1 Å². The number of fused-ring (bicyclic) bond motifs is 1. The van der Waals surface area contributed by atoms with E-state index in [0.29, 0.717) is 22.8 Å². The largest absolute Gasteiger partial charge is 0.307 e. The van der Waals surface area contributed by atoms with E-state index in [1.54, 1.807) is 22.9 Å². The molecule has 0 aliphatic rings. The highest BCUT2D eigenvalue weighted by atomic mass is 16.1. The molecule has 0 spiro atoms. The molecule has 0 saturated carbocycles. The van der Waals surface area contributed by atoms with Crippen molar-refractivity contribution in [3.8, 4) is 5.69 Å². The fourth-order valence-electron chi connectivity index (χ4n) is 2.77. The fraction of sp³-hybridized carbons (Fsp3) is 0.350. The Kier molecular flexibility index (Phi) is 4.95. The van der Waals surface area contributed by atoms with Gasteiger partial charge in [-0.2, -0.15) is 0 Å².